The van der Waals surface area contributed by atoms with E-state index in [4.69, 9.17) is 9.47 Å². The predicted molar refractivity (Wildman–Crippen MR) is 89.7 cm³/mol. The third kappa shape index (κ3) is 7.62. The lowest BCUT2D eigenvalue weighted by Gasteiger charge is -2.40. The van der Waals surface area contributed by atoms with E-state index in [2.05, 4.69) is 33.0 Å². The Kier molecular flexibility index (Phi) is 9.54. The lowest BCUT2D eigenvalue weighted by molar-refractivity contribution is -0.0941. The number of likely N-dealkylation sites (N-methyl/N-ethyl adjacent to an activating group) is 1. The van der Waals surface area contributed by atoms with Crippen molar-refractivity contribution in [2.24, 2.45) is 11.8 Å². The molecule has 0 unspecified atom stereocenters. The molecule has 1 fully saturated rings. The minimum absolute atomic E-state index is 0.0570. The summed E-state index contributed by atoms with van der Waals surface area (Å²) in [6.07, 6.45) is 7.76. The molecule has 3 heteroatoms. The van der Waals surface area contributed by atoms with Crippen LogP contribution in [-0.2, 0) is 9.47 Å². The number of nitrogens with one attached hydrogen (secondary N) is 1. The average molecular weight is 299 g/mol. The minimum atomic E-state index is 0.0570. The van der Waals surface area contributed by atoms with Crippen LogP contribution in [0.25, 0.3) is 0 Å². The van der Waals surface area contributed by atoms with Gasteiger partial charge in [0.25, 0.3) is 0 Å². The zero-order chi connectivity index (χ0) is 15.6. The van der Waals surface area contributed by atoms with E-state index in [1.807, 2.05) is 0 Å². The van der Waals surface area contributed by atoms with Crippen molar-refractivity contribution in [3.63, 3.8) is 0 Å². The van der Waals surface area contributed by atoms with Crippen molar-refractivity contribution in [1.82, 2.24) is 5.32 Å². The summed E-state index contributed by atoms with van der Waals surface area (Å²) in [7, 11) is 0. The Hall–Kier alpha value is -0.120. The van der Waals surface area contributed by atoms with Crippen LogP contribution in [0.5, 0.6) is 0 Å². The van der Waals surface area contributed by atoms with E-state index >= 15 is 0 Å². The average Bonchev–Trinajstić information content (AvgIpc) is 2.47. The second-order valence-electron chi connectivity index (χ2n) is 7.01. The topological polar surface area (TPSA) is 30.5 Å². The molecule has 21 heavy (non-hydrogen) atoms. The number of hydrogen-bond donors (Lipinski definition) is 1. The van der Waals surface area contributed by atoms with E-state index in [1.54, 1.807) is 0 Å². The monoisotopic (exact) mass is 299 g/mol. The van der Waals surface area contributed by atoms with Gasteiger partial charge in [-0.15, -0.1) is 0 Å². The molecule has 0 aromatic rings. The van der Waals surface area contributed by atoms with Crippen molar-refractivity contribution in [2.45, 2.75) is 71.8 Å². The van der Waals surface area contributed by atoms with Gasteiger partial charge in [0, 0.05) is 13.2 Å². The van der Waals surface area contributed by atoms with Crippen LogP contribution in [0, 0.1) is 11.8 Å². The van der Waals surface area contributed by atoms with Gasteiger partial charge in [-0.3, -0.25) is 0 Å². The van der Waals surface area contributed by atoms with Gasteiger partial charge in [-0.05, 0) is 44.1 Å². The molecule has 1 aliphatic rings. The molecule has 1 N–H and O–H groups in total. The standard InChI is InChI=1S/C18H37NO2/c1-5-7-17-8-10-18(11-9-17,15-19-6-2)21-13-12-20-14-16(3)4/h16-17,19H,5-15H2,1-4H3. The summed E-state index contributed by atoms with van der Waals surface area (Å²) in [5.74, 6) is 1.52. The van der Waals surface area contributed by atoms with Crippen LogP contribution in [0.1, 0.15) is 66.2 Å². The predicted octanol–water partition coefficient (Wildman–Crippen LogP) is 4.01. The fourth-order valence-electron chi connectivity index (χ4n) is 3.26. The van der Waals surface area contributed by atoms with Crippen molar-refractivity contribution < 1.29 is 9.47 Å². The van der Waals surface area contributed by atoms with E-state index in [1.165, 1.54) is 38.5 Å². The third-order valence-corrected chi connectivity index (χ3v) is 4.50. The molecule has 0 atom stereocenters. The molecule has 0 amide bonds. The van der Waals surface area contributed by atoms with Crippen LogP contribution >= 0.6 is 0 Å². The van der Waals surface area contributed by atoms with E-state index in [-0.39, 0.29) is 5.60 Å². The molecule has 0 aromatic heterocycles. The summed E-state index contributed by atoms with van der Waals surface area (Å²) in [6.45, 7) is 13.1. The van der Waals surface area contributed by atoms with Gasteiger partial charge >= 0.3 is 0 Å². The first-order valence-corrected chi connectivity index (χ1v) is 9.04. The molecule has 0 aliphatic heterocycles. The molecular formula is C18H37NO2. The lowest BCUT2D eigenvalue weighted by Crippen LogP contribution is -2.46. The SMILES string of the molecule is CCCC1CCC(CNCC)(OCCOCC(C)C)CC1. The molecule has 1 rings (SSSR count). The Labute approximate surface area is 132 Å². The van der Waals surface area contributed by atoms with Gasteiger partial charge in [0.1, 0.15) is 0 Å². The lowest BCUT2D eigenvalue weighted by atomic mass is 9.77. The highest BCUT2D eigenvalue weighted by atomic mass is 16.5. The molecule has 0 spiro atoms. The Morgan fingerprint density at radius 1 is 1.14 bits per heavy atom. The molecule has 1 aliphatic carbocycles. The Balaban J connectivity index is 2.33. The number of hydrogen-bond acceptors (Lipinski definition) is 3. The second kappa shape index (κ2) is 10.6. The van der Waals surface area contributed by atoms with Crippen molar-refractivity contribution in [1.29, 1.82) is 0 Å². The summed E-state index contributed by atoms with van der Waals surface area (Å²) in [5, 5.41) is 3.50. The van der Waals surface area contributed by atoms with Gasteiger partial charge < -0.3 is 14.8 Å². The summed E-state index contributed by atoms with van der Waals surface area (Å²) >= 11 is 0. The zero-order valence-corrected chi connectivity index (χ0v) is 14.7. The molecule has 1 saturated carbocycles. The molecule has 0 heterocycles. The van der Waals surface area contributed by atoms with Crippen LogP contribution in [0.2, 0.25) is 0 Å². The van der Waals surface area contributed by atoms with Crippen LogP contribution in [-0.4, -0.2) is 38.5 Å². The van der Waals surface area contributed by atoms with Gasteiger partial charge in [0.15, 0.2) is 0 Å². The smallest absolute Gasteiger partial charge is 0.0807 e. The number of ether oxygens (including phenoxy) is 2. The Morgan fingerprint density at radius 2 is 1.86 bits per heavy atom. The Bertz CT molecular complexity index is 248. The van der Waals surface area contributed by atoms with Crippen LogP contribution in [0.3, 0.4) is 0 Å². The van der Waals surface area contributed by atoms with E-state index in [9.17, 15) is 0 Å². The minimum Gasteiger partial charge on any atom is -0.379 e. The molecule has 3 nitrogen and oxygen atoms in total. The van der Waals surface area contributed by atoms with Gasteiger partial charge in [0.2, 0.25) is 0 Å². The highest BCUT2D eigenvalue weighted by Gasteiger charge is 2.35. The van der Waals surface area contributed by atoms with Crippen LogP contribution < -0.4 is 5.32 Å². The second-order valence-corrected chi connectivity index (χ2v) is 7.01. The molecule has 126 valence electrons. The molecule has 0 radical (unpaired) electrons. The molecule has 0 aromatic carbocycles. The maximum Gasteiger partial charge on any atom is 0.0807 e. The van der Waals surface area contributed by atoms with Gasteiger partial charge in [-0.1, -0.05) is 40.5 Å². The van der Waals surface area contributed by atoms with Gasteiger partial charge in [-0.25, -0.2) is 0 Å². The molecular weight excluding hydrogens is 262 g/mol. The summed E-state index contributed by atoms with van der Waals surface area (Å²) in [6, 6.07) is 0. The highest BCUT2D eigenvalue weighted by Crippen LogP contribution is 2.36. The first-order valence-electron chi connectivity index (χ1n) is 9.04. The first-order chi connectivity index (χ1) is 10.1. The first kappa shape index (κ1) is 18.9. The summed E-state index contributed by atoms with van der Waals surface area (Å²) in [5.41, 5.74) is 0.0570. The van der Waals surface area contributed by atoms with E-state index < -0.39 is 0 Å². The largest absolute Gasteiger partial charge is 0.379 e. The fourth-order valence-corrected chi connectivity index (χ4v) is 3.26. The fraction of sp³-hybridized carbons (Fsp3) is 1.00. The molecule has 0 saturated heterocycles. The summed E-state index contributed by atoms with van der Waals surface area (Å²) in [4.78, 5) is 0. The van der Waals surface area contributed by atoms with Gasteiger partial charge in [0.05, 0.1) is 18.8 Å². The van der Waals surface area contributed by atoms with Crippen molar-refractivity contribution >= 4 is 0 Å². The normalized spacial score (nSPS) is 26.4. The maximum absolute atomic E-state index is 6.29. The third-order valence-electron chi connectivity index (χ3n) is 4.50. The van der Waals surface area contributed by atoms with Crippen LogP contribution in [0.4, 0.5) is 0 Å². The van der Waals surface area contributed by atoms with E-state index in [0.29, 0.717) is 5.92 Å². The quantitative estimate of drug-likeness (QED) is 0.585. The van der Waals surface area contributed by atoms with E-state index in [0.717, 1.165) is 38.8 Å². The number of rotatable bonds is 11. The molecule has 0 bridgehead atoms. The highest BCUT2D eigenvalue weighted by molar-refractivity contribution is 4.89. The zero-order valence-electron chi connectivity index (χ0n) is 14.7. The van der Waals surface area contributed by atoms with Crippen LogP contribution in [0.15, 0.2) is 0 Å². The van der Waals surface area contributed by atoms with Crippen molar-refractivity contribution in [3.8, 4) is 0 Å². The maximum atomic E-state index is 6.29. The van der Waals surface area contributed by atoms with Gasteiger partial charge in [-0.2, -0.15) is 0 Å². The van der Waals surface area contributed by atoms with Crippen molar-refractivity contribution in [3.05, 3.63) is 0 Å². The van der Waals surface area contributed by atoms with Crippen molar-refractivity contribution in [2.75, 3.05) is 32.9 Å². The Morgan fingerprint density at radius 3 is 2.43 bits per heavy atom. The summed E-state index contributed by atoms with van der Waals surface area (Å²) < 4.78 is 11.9.